The maximum absolute atomic E-state index is 12.6. The van der Waals surface area contributed by atoms with Crippen molar-refractivity contribution in [2.75, 3.05) is 20.1 Å². The Bertz CT molecular complexity index is 632. The van der Waals surface area contributed by atoms with Crippen molar-refractivity contribution in [3.05, 3.63) is 29.8 Å². The third kappa shape index (κ3) is 4.32. The van der Waals surface area contributed by atoms with Crippen LogP contribution in [0.4, 0.5) is 0 Å². The van der Waals surface area contributed by atoms with Crippen molar-refractivity contribution in [1.82, 2.24) is 9.21 Å². The van der Waals surface area contributed by atoms with Gasteiger partial charge in [-0.05, 0) is 44.4 Å². The van der Waals surface area contributed by atoms with E-state index in [4.69, 9.17) is 0 Å². The van der Waals surface area contributed by atoms with Crippen LogP contribution in [0.15, 0.2) is 29.2 Å². The van der Waals surface area contributed by atoms with Crippen molar-refractivity contribution in [2.45, 2.75) is 50.5 Å². The largest absolute Gasteiger partial charge is 0.343 e. The molecule has 1 fully saturated rings. The number of likely N-dealkylation sites (N-methyl/N-ethyl adjacent to an activating group) is 1. The summed E-state index contributed by atoms with van der Waals surface area (Å²) in [6, 6.07) is 6.86. The first-order valence-corrected chi connectivity index (χ1v) is 9.61. The molecule has 0 unspecified atom stereocenters. The van der Waals surface area contributed by atoms with Crippen LogP contribution < -0.4 is 0 Å². The van der Waals surface area contributed by atoms with Crippen molar-refractivity contribution < 1.29 is 13.2 Å². The number of sulfonamides is 1. The standard InChI is InChI=1S/C17H26N2O3S/c1-14(2)18(3)17(20)13-15-7-9-16(10-8-15)23(21,22)19-11-5-4-6-12-19/h7-10,14H,4-6,11-13H2,1-3H3. The van der Waals surface area contributed by atoms with E-state index in [1.807, 2.05) is 13.8 Å². The molecule has 1 amide bonds. The summed E-state index contributed by atoms with van der Waals surface area (Å²) in [5.74, 6) is 0.0339. The van der Waals surface area contributed by atoms with Gasteiger partial charge in [-0.3, -0.25) is 4.79 Å². The van der Waals surface area contributed by atoms with Crippen molar-refractivity contribution in [2.24, 2.45) is 0 Å². The Labute approximate surface area is 139 Å². The van der Waals surface area contributed by atoms with Crippen molar-refractivity contribution in [1.29, 1.82) is 0 Å². The first-order valence-electron chi connectivity index (χ1n) is 8.17. The SMILES string of the molecule is CC(C)N(C)C(=O)Cc1ccc(S(=O)(=O)N2CCCCC2)cc1. The van der Waals surface area contributed by atoms with Gasteiger partial charge in [0.25, 0.3) is 0 Å². The third-order valence-corrected chi connectivity index (χ3v) is 6.31. The fourth-order valence-corrected chi connectivity index (χ4v) is 4.14. The topological polar surface area (TPSA) is 57.7 Å². The average molecular weight is 338 g/mol. The Morgan fingerprint density at radius 3 is 2.22 bits per heavy atom. The van der Waals surface area contributed by atoms with E-state index in [0.717, 1.165) is 24.8 Å². The molecule has 0 spiro atoms. The summed E-state index contributed by atoms with van der Waals surface area (Å²) in [6.07, 6.45) is 3.23. The summed E-state index contributed by atoms with van der Waals surface area (Å²) in [5.41, 5.74) is 0.833. The highest BCUT2D eigenvalue weighted by Crippen LogP contribution is 2.21. The Kier molecular flexibility index (Phi) is 5.81. The summed E-state index contributed by atoms with van der Waals surface area (Å²) in [6.45, 7) is 5.13. The molecule has 5 nitrogen and oxygen atoms in total. The van der Waals surface area contributed by atoms with E-state index in [0.29, 0.717) is 24.4 Å². The molecule has 0 atom stereocenters. The van der Waals surface area contributed by atoms with Crippen molar-refractivity contribution in [3.63, 3.8) is 0 Å². The highest BCUT2D eigenvalue weighted by Gasteiger charge is 2.25. The second-order valence-electron chi connectivity index (χ2n) is 6.38. The zero-order valence-electron chi connectivity index (χ0n) is 14.2. The van der Waals surface area contributed by atoms with Gasteiger partial charge < -0.3 is 4.90 Å². The first-order chi connectivity index (χ1) is 10.8. The molecule has 2 rings (SSSR count). The number of nitrogens with zero attached hydrogens (tertiary/aromatic N) is 2. The summed E-state index contributed by atoms with van der Waals surface area (Å²) in [5, 5.41) is 0. The van der Waals surface area contributed by atoms with Gasteiger partial charge in [0.2, 0.25) is 15.9 Å². The van der Waals surface area contributed by atoms with Crippen LogP contribution in [-0.4, -0.2) is 49.7 Å². The second-order valence-corrected chi connectivity index (χ2v) is 8.32. The lowest BCUT2D eigenvalue weighted by Crippen LogP contribution is -2.35. The number of amides is 1. The molecule has 1 aliphatic heterocycles. The fraction of sp³-hybridized carbons (Fsp3) is 0.588. The molecule has 0 radical (unpaired) electrons. The maximum atomic E-state index is 12.6. The Morgan fingerprint density at radius 1 is 1.13 bits per heavy atom. The number of hydrogen-bond acceptors (Lipinski definition) is 3. The summed E-state index contributed by atoms with van der Waals surface area (Å²) < 4.78 is 26.7. The van der Waals surface area contributed by atoms with E-state index < -0.39 is 10.0 Å². The Morgan fingerprint density at radius 2 is 1.70 bits per heavy atom. The molecule has 0 N–H and O–H groups in total. The highest BCUT2D eigenvalue weighted by molar-refractivity contribution is 7.89. The maximum Gasteiger partial charge on any atom is 0.243 e. The molecule has 23 heavy (non-hydrogen) atoms. The monoisotopic (exact) mass is 338 g/mol. The van der Waals surface area contributed by atoms with Crippen LogP contribution >= 0.6 is 0 Å². The van der Waals surface area contributed by atoms with E-state index in [2.05, 4.69) is 0 Å². The number of carbonyl (C=O) groups is 1. The summed E-state index contributed by atoms with van der Waals surface area (Å²) in [7, 11) is -1.62. The van der Waals surface area contributed by atoms with Crippen molar-refractivity contribution >= 4 is 15.9 Å². The Hall–Kier alpha value is -1.40. The molecule has 6 heteroatoms. The van der Waals surface area contributed by atoms with Gasteiger partial charge in [0, 0.05) is 26.2 Å². The molecule has 0 saturated carbocycles. The smallest absolute Gasteiger partial charge is 0.243 e. The molecule has 1 heterocycles. The van der Waals surface area contributed by atoms with Crippen LogP contribution in [0, 0.1) is 0 Å². The van der Waals surface area contributed by atoms with E-state index >= 15 is 0 Å². The molecule has 128 valence electrons. The number of piperidine rings is 1. The molecule has 0 aromatic heterocycles. The number of carbonyl (C=O) groups excluding carboxylic acids is 1. The van der Waals surface area contributed by atoms with Crippen LogP contribution in [0.2, 0.25) is 0 Å². The highest BCUT2D eigenvalue weighted by atomic mass is 32.2. The van der Waals surface area contributed by atoms with Crippen LogP contribution in [0.25, 0.3) is 0 Å². The van der Waals surface area contributed by atoms with Gasteiger partial charge in [0.15, 0.2) is 0 Å². The van der Waals surface area contributed by atoms with Gasteiger partial charge in [0.05, 0.1) is 11.3 Å². The van der Waals surface area contributed by atoms with Gasteiger partial charge in [0.1, 0.15) is 0 Å². The average Bonchev–Trinajstić information content (AvgIpc) is 2.55. The molecule has 1 aliphatic rings. The number of rotatable bonds is 5. The van der Waals surface area contributed by atoms with Crippen molar-refractivity contribution in [3.8, 4) is 0 Å². The first kappa shape index (κ1) is 17.9. The van der Waals surface area contributed by atoms with Crippen LogP contribution in [-0.2, 0) is 21.2 Å². The zero-order valence-corrected chi connectivity index (χ0v) is 15.0. The minimum absolute atomic E-state index is 0.0339. The van der Waals surface area contributed by atoms with Gasteiger partial charge in [-0.25, -0.2) is 8.42 Å². The summed E-state index contributed by atoms with van der Waals surface area (Å²) in [4.78, 5) is 14.1. The van der Waals surface area contributed by atoms with E-state index in [1.165, 1.54) is 0 Å². The van der Waals surface area contributed by atoms with E-state index in [9.17, 15) is 13.2 Å². The molecule has 0 bridgehead atoms. The Balaban J connectivity index is 2.08. The van der Waals surface area contributed by atoms with Crippen LogP contribution in [0.3, 0.4) is 0 Å². The lowest BCUT2D eigenvalue weighted by Gasteiger charge is -2.26. The van der Waals surface area contributed by atoms with Crippen LogP contribution in [0.5, 0.6) is 0 Å². The lowest BCUT2D eigenvalue weighted by atomic mass is 10.1. The third-order valence-electron chi connectivity index (χ3n) is 4.40. The summed E-state index contributed by atoms with van der Waals surface area (Å²) >= 11 is 0. The number of hydrogen-bond donors (Lipinski definition) is 0. The van der Waals surface area contributed by atoms with E-state index in [1.54, 1.807) is 40.5 Å². The predicted octanol–water partition coefficient (Wildman–Crippen LogP) is 2.27. The molecule has 1 saturated heterocycles. The van der Waals surface area contributed by atoms with Crippen LogP contribution in [0.1, 0.15) is 38.7 Å². The number of benzene rings is 1. The minimum atomic E-state index is -3.40. The second kappa shape index (κ2) is 7.45. The van der Waals surface area contributed by atoms with Gasteiger partial charge >= 0.3 is 0 Å². The molecular weight excluding hydrogens is 312 g/mol. The molecule has 0 aliphatic carbocycles. The predicted molar refractivity (Wildman–Crippen MR) is 90.7 cm³/mol. The molecule has 1 aromatic rings. The lowest BCUT2D eigenvalue weighted by molar-refractivity contribution is -0.130. The van der Waals surface area contributed by atoms with Gasteiger partial charge in [-0.15, -0.1) is 0 Å². The zero-order chi connectivity index (χ0) is 17.0. The quantitative estimate of drug-likeness (QED) is 0.827. The van der Waals surface area contributed by atoms with Gasteiger partial charge in [-0.2, -0.15) is 4.31 Å². The normalized spacial score (nSPS) is 16.5. The van der Waals surface area contributed by atoms with E-state index in [-0.39, 0.29) is 11.9 Å². The molecule has 1 aromatic carbocycles. The minimum Gasteiger partial charge on any atom is -0.343 e. The molecular formula is C17H26N2O3S. The van der Waals surface area contributed by atoms with Gasteiger partial charge in [-0.1, -0.05) is 18.6 Å². The fourth-order valence-electron chi connectivity index (χ4n) is 2.62.